The number of sulfone groups is 1. The second-order valence-electron chi connectivity index (χ2n) is 8.74. The molecule has 5 nitrogen and oxygen atoms in total. The number of benzene rings is 3. The molecule has 3 aromatic carbocycles. The lowest BCUT2D eigenvalue weighted by atomic mass is 9.97. The number of hydrogen-bond acceptors (Lipinski definition) is 4. The molecule has 0 N–H and O–H groups in total. The first kappa shape index (κ1) is 22.7. The standard InChI is InChI=1S/C26H22ClFN2O3S/c27-23-4-2-1-3-21(23)26-22-10-7-19(25(31)13-18-11-12-34(32,33)16-18)14-24(22)30(29-26)15-17-5-8-20(28)9-6-17/h1-10,14,18H,11-13,15-16H2. The van der Waals surface area contributed by atoms with Crippen LogP contribution in [0.5, 0.6) is 0 Å². The number of rotatable bonds is 6. The zero-order valence-corrected chi connectivity index (χ0v) is 19.8. The van der Waals surface area contributed by atoms with Crippen LogP contribution in [-0.2, 0) is 16.4 Å². The molecule has 8 heteroatoms. The van der Waals surface area contributed by atoms with Crippen molar-refractivity contribution in [2.75, 3.05) is 11.5 Å². The van der Waals surface area contributed by atoms with Crippen LogP contribution < -0.4 is 0 Å². The largest absolute Gasteiger partial charge is 0.294 e. The van der Waals surface area contributed by atoms with Crippen molar-refractivity contribution in [2.45, 2.75) is 19.4 Å². The van der Waals surface area contributed by atoms with Crippen LogP contribution in [-0.4, -0.2) is 35.5 Å². The van der Waals surface area contributed by atoms with Gasteiger partial charge in [0.2, 0.25) is 0 Å². The molecule has 34 heavy (non-hydrogen) atoms. The predicted molar refractivity (Wildman–Crippen MR) is 131 cm³/mol. The summed E-state index contributed by atoms with van der Waals surface area (Å²) in [4.78, 5) is 13.0. The third-order valence-corrected chi connectivity index (χ3v) is 8.42. The SMILES string of the molecule is O=C(CC1CCS(=O)(=O)C1)c1ccc2c(-c3ccccc3Cl)nn(Cc3ccc(F)cc3)c2c1. The molecule has 0 amide bonds. The molecule has 0 aliphatic carbocycles. The summed E-state index contributed by atoms with van der Waals surface area (Å²) in [7, 11) is -3.04. The predicted octanol–water partition coefficient (Wildman–Crippen LogP) is 5.55. The maximum absolute atomic E-state index is 13.4. The van der Waals surface area contributed by atoms with E-state index in [-0.39, 0.29) is 35.4 Å². The topological polar surface area (TPSA) is 69.0 Å². The number of Topliss-reactive ketones (excluding diaryl/α,β-unsaturated/α-hetero) is 1. The molecule has 2 heterocycles. The summed E-state index contributed by atoms with van der Waals surface area (Å²) < 4.78 is 38.7. The van der Waals surface area contributed by atoms with Crippen molar-refractivity contribution in [1.29, 1.82) is 0 Å². The van der Waals surface area contributed by atoms with Crippen molar-refractivity contribution in [3.8, 4) is 11.3 Å². The number of hydrogen-bond donors (Lipinski definition) is 0. The zero-order chi connectivity index (χ0) is 23.9. The van der Waals surface area contributed by atoms with Gasteiger partial charge in [-0.3, -0.25) is 9.48 Å². The Bertz CT molecular complexity index is 1500. The Kier molecular flexibility index (Phi) is 6.00. The van der Waals surface area contributed by atoms with Gasteiger partial charge in [-0.2, -0.15) is 5.10 Å². The van der Waals surface area contributed by atoms with Crippen molar-refractivity contribution < 1.29 is 17.6 Å². The minimum Gasteiger partial charge on any atom is -0.294 e. The van der Waals surface area contributed by atoms with E-state index in [0.29, 0.717) is 29.2 Å². The first-order chi connectivity index (χ1) is 16.3. The summed E-state index contributed by atoms with van der Waals surface area (Å²) >= 11 is 6.45. The lowest BCUT2D eigenvalue weighted by Crippen LogP contribution is -2.11. The normalized spacial score (nSPS) is 17.3. The summed E-state index contributed by atoms with van der Waals surface area (Å²) in [6.45, 7) is 0.389. The van der Waals surface area contributed by atoms with Gasteiger partial charge in [0.15, 0.2) is 15.6 Å². The number of fused-ring (bicyclic) bond motifs is 1. The number of aromatic nitrogens is 2. The summed E-state index contributed by atoms with van der Waals surface area (Å²) in [5, 5.41) is 6.22. The van der Waals surface area contributed by atoms with Crippen LogP contribution >= 0.6 is 11.6 Å². The monoisotopic (exact) mass is 496 g/mol. The van der Waals surface area contributed by atoms with Gasteiger partial charge >= 0.3 is 0 Å². The Morgan fingerprint density at radius 3 is 2.56 bits per heavy atom. The minimum atomic E-state index is -3.04. The summed E-state index contributed by atoms with van der Waals surface area (Å²) in [5.74, 6) is -0.322. The van der Waals surface area contributed by atoms with Gasteiger partial charge in [-0.1, -0.05) is 48.0 Å². The molecule has 1 aliphatic heterocycles. The Hall–Kier alpha value is -3.03. The molecule has 0 saturated carbocycles. The molecule has 0 bridgehead atoms. The van der Waals surface area contributed by atoms with E-state index < -0.39 is 9.84 Å². The van der Waals surface area contributed by atoms with E-state index in [0.717, 1.165) is 22.0 Å². The molecular weight excluding hydrogens is 475 g/mol. The third kappa shape index (κ3) is 4.63. The third-order valence-electron chi connectivity index (χ3n) is 6.25. The van der Waals surface area contributed by atoms with E-state index in [1.54, 1.807) is 35.0 Å². The van der Waals surface area contributed by atoms with Gasteiger partial charge in [0, 0.05) is 22.9 Å². The van der Waals surface area contributed by atoms with E-state index in [2.05, 4.69) is 0 Å². The van der Waals surface area contributed by atoms with Gasteiger partial charge in [-0.15, -0.1) is 0 Å². The van der Waals surface area contributed by atoms with E-state index in [1.165, 1.54) is 12.1 Å². The maximum Gasteiger partial charge on any atom is 0.163 e. The van der Waals surface area contributed by atoms with E-state index in [1.807, 2.05) is 24.3 Å². The van der Waals surface area contributed by atoms with Crippen LogP contribution in [0.2, 0.25) is 5.02 Å². The molecule has 0 spiro atoms. The molecule has 174 valence electrons. The van der Waals surface area contributed by atoms with E-state index >= 15 is 0 Å². The molecule has 5 rings (SSSR count). The van der Waals surface area contributed by atoms with Crippen LogP contribution in [0.25, 0.3) is 22.2 Å². The van der Waals surface area contributed by atoms with Crippen LogP contribution in [0, 0.1) is 11.7 Å². The van der Waals surface area contributed by atoms with Crippen molar-refractivity contribution in [3.63, 3.8) is 0 Å². The lowest BCUT2D eigenvalue weighted by Gasteiger charge is -2.08. The average molecular weight is 497 g/mol. The second-order valence-corrected chi connectivity index (χ2v) is 11.4. The average Bonchev–Trinajstić information content (AvgIpc) is 3.34. The highest BCUT2D eigenvalue weighted by Gasteiger charge is 2.30. The van der Waals surface area contributed by atoms with Crippen LogP contribution in [0.1, 0.15) is 28.8 Å². The molecule has 1 fully saturated rings. The molecule has 1 unspecified atom stereocenters. The molecule has 0 radical (unpaired) electrons. The molecule has 4 aromatic rings. The van der Waals surface area contributed by atoms with Crippen LogP contribution in [0.4, 0.5) is 4.39 Å². The number of carbonyl (C=O) groups is 1. The van der Waals surface area contributed by atoms with E-state index in [4.69, 9.17) is 16.7 Å². The highest BCUT2D eigenvalue weighted by atomic mass is 35.5. The highest BCUT2D eigenvalue weighted by Crippen LogP contribution is 2.34. The maximum atomic E-state index is 13.4. The molecular formula is C26H22ClFN2O3S. The Balaban J connectivity index is 1.55. The number of nitrogens with zero attached hydrogens (tertiary/aromatic N) is 2. The fourth-order valence-corrected chi connectivity index (χ4v) is 6.58. The van der Waals surface area contributed by atoms with Gasteiger partial charge in [-0.05, 0) is 48.2 Å². The van der Waals surface area contributed by atoms with Gasteiger partial charge in [-0.25, -0.2) is 12.8 Å². The first-order valence-corrected chi connectivity index (χ1v) is 13.2. The number of ketones is 1. The number of halogens is 2. The van der Waals surface area contributed by atoms with Gasteiger partial charge in [0.05, 0.1) is 28.6 Å². The number of carbonyl (C=O) groups excluding carboxylic acids is 1. The fourth-order valence-electron chi connectivity index (χ4n) is 4.50. The van der Waals surface area contributed by atoms with Gasteiger partial charge in [0.1, 0.15) is 11.5 Å². The van der Waals surface area contributed by atoms with Crippen LogP contribution in [0.3, 0.4) is 0 Å². The van der Waals surface area contributed by atoms with Gasteiger partial charge in [0.25, 0.3) is 0 Å². The Morgan fingerprint density at radius 2 is 1.85 bits per heavy atom. The fraction of sp³-hybridized carbons (Fsp3) is 0.231. The summed E-state index contributed by atoms with van der Waals surface area (Å²) in [6, 6.07) is 19.1. The quantitative estimate of drug-likeness (QED) is 0.328. The van der Waals surface area contributed by atoms with Crippen molar-refractivity contribution in [2.24, 2.45) is 5.92 Å². The smallest absolute Gasteiger partial charge is 0.163 e. The Labute approximate surface area is 202 Å². The van der Waals surface area contributed by atoms with Gasteiger partial charge < -0.3 is 0 Å². The van der Waals surface area contributed by atoms with Crippen molar-refractivity contribution >= 4 is 38.1 Å². The zero-order valence-electron chi connectivity index (χ0n) is 18.2. The molecule has 1 atom stereocenters. The first-order valence-electron chi connectivity index (χ1n) is 11.0. The molecule has 1 aliphatic rings. The van der Waals surface area contributed by atoms with Crippen molar-refractivity contribution in [3.05, 3.63) is 88.7 Å². The highest BCUT2D eigenvalue weighted by molar-refractivity contribution is 7.91. The Morgan fingerprint density at radius 1 is 1.09 bits per heavy atom. The minimum absolute atomic E-state index is 0.0696. The summed E-state index contributed by atoms with van der Waals surface area (Å²) in [5.41, 5.74) is 3.61. The van der Waals surface area contributed by atoms with E-state index in [9.17, 15) is 17.6 Å². The molecule has 1 saturated heterocycles. The van der Waals surface area contributed by atoms with Crippen LogP contribution in [0.15, 0.2) is 66.7 Å². The van der Waals surface area contributed by atoms with Crippen molar-refractivity contribution in [1.82, 2.24) is 9.78 Å². The molecule has 1 aromatic heterocycles. The second kappa shape index (κ2) is 8.96. The lowest BCUT2D eigenvalue weighted by molar-refractivity contribution is 0.0966. The summed E-state index contributed by atoms with van der Waals surface area (Å²) in [6.07, 6.45) is 0.726.